The van der Waals surface area contributed by atoms with E-state index in [1.807, 2.05) is 12.1 Å². The van der Waals surface area contributed by atoms with Gasteiger partial charge in [-0.05, 0) is 24.0 Å². The lowest BCUT2D eigenvalue weighted by molar-refractivity contribution is -0.130. The van der Waals surface area contributed by atoms with Crippen LogP contribution in [0, 0.1) is 0 Å². The van der Waals surface area contributed by atoms with Gasteiger partial charge in [0.05, 0.1) is 5.57 Å². The predicted molar refractivity (Wildman–Crippen MR) is 69.9 cm³/mol. The second-order valence-electron chi connectivity index (χ2n) is 4.07. The fourth-order valence-corrected chi connectivity index (χ4v) is 1.64. The van der Waals surface area contributed by atoms with Gasteiger partial charge in [0.25, 0.3) is 0 Å². The van der Waals surface area contributed by atoms with Gasteiger partial charge in [-0.15, -0.1) is 0 Å². The van der Waals surface area contributed by atoms with Crippen molar-refractivity contribution < 1.29 is 14.7 Å². The molecule has 1 aromatic rings. The van der Waals surface area contributed by atoms with Gasteiger partial charge >= 0.3 is 5.97 Å². The van der Waals surface area contributed by atoms with Crippen LogP contribution in [0.5, 0.6) is 0 Å². The Hall–Kier alpha value is -2.10. The van der Waals surface area contributed by atoms with Crippen LogP contribution in [-0.4, -0.2) is 17.0 Å². The highest BCUT2D eigenvalue weighted by Gasteiger charge is 2.11. The number of aliphatic carboxylic acids is 1. The zero-order valence-corrected chi connectivity index (χ0v) is 10.3. The second kappa shape index (κ2) is 6.59. The van der Waals surface area contributed by atoms with Crippen LogP contribution in [0.2, 0.25) is 0 Å². The van der Waals surface area contributed by atoms with E-state index < -0.39 is 11.9 Å². The van der Waals surface area contributed by atoms with E-state index in [9.17, 15) is 9.59 Å². The summed E-state index contributed by atoms with van der Waals surface area (Å²) in [6.07, 6.45) is 4.12. The third kappa shape index (κ3) is 4.05. The summed E-state index contributed by atoms with van der Waals surface area (Å²) in [6, 6.07) is 7.16. The molecule has 18 heavy (non-hydrogen) atoms. The van der Waals surface area contributed by atoms with Crippen LogP contribution in [0.15, 0.2) is 30.3 Å². The fourth-order valence-electron chi connectivity index (χ4n) is 1.64. The summed E-state index contributed by atoms with van der Waals surface area (Å²) in [6.45, 7) is 2.12. The minimum absolute atomic E-state index is 0.0791. The maximum absolute atomic E-state index is 11.0. The number of carboxylic acid groups (broad SMARTS) is 1. The lowest BCUT2D eigenvalue weighted by Crippen LogP contribution is -2.10. The molecule has 3 N–H and O–H groups in total. The van der Waals surface area contributed by atoms with Crippen LogP contribution in [-0.2, 0) is 16.0 Å². The summed E-state index contributed by atoms with van der Waals surface area (Å²) in [4.78, 5) is 21.8. The van der Waals surface area contributed by atoms with Crippen molar-refractivity contribution in [1.29, 1.82) is 0 Å². The number of benzene rings is 1. The SMILES string of the molecule is CCCCc1ccc(/C(=C/C(N)=O)C(=O)O)cc1. The fraction of sp³-hybridized carbons (Fsp3) is 0.286. The van der Waals surface area contributed by atoms with Crippen LogP contribution in [0.4, 0.5) is 0 Å². The molecule has 0 spiro atoms. The van der Waals surface area contributed by atoms with Gasteiger partial charge in [-0.1, -0.05) is 37.6 Å². The second-order valence-corrected chi connectivity index (χ2v) is 4.07. The zero-order chi connectivity index (χ0) is 13.5. The number of hydrogen-bond donors (Lipinski definition) is 2. The Bertz CT molecular complexity index is 460. The Kier molecular flexibility index (Phi) is 5.11. The normalized spacial score (nSPS) is 11.3. The molecule has 0 radical (unpaired) electrons. The Morgan fingerprint density at radius 3 is 2.33 bits per heavy atom. The lowest BCUT2D eigenvalue weighted by Gasteiger charge is -2.04. The highest BCUT2D eigenvalue weighted by atomic mass is 16.4. The number of amides is 1. The van der Waals surface area contributed by atoms with Crippen LogP contribution in [0.1, 0.15) is 30.9 Å². The zero-order valence-electron chi connectivity index (χ0n) is 10.3. The molecule has 0 aliphatic rings. The number of carbonyl (C=O) groups is 2. The Labute approximate surface area is 106 Å². The van der Waals surface area contributed by atoms with Gasteiger partial charge in [-0.2, -0.15) is 0 Å². The maximum atomic E-state index is 11.0. The van der Waals surface area contributed by atoms with Crippen molar-refractivity contribution in [1.82, 2.24) is 0 Å². The molecule has 0 saturated carbocycles. The molecule has 4 nitrogen and oxygen atoms in total. The average Bonchev–Trinajstić information content (AvgIpc) is 2.34. The Morgan fingerprint density at radius 1 is 1.28 bits per heavy atom. The largest absolute Gasteiger partial charge is 0.478 e. The lowest BCUT2D eigenvalue weighted by atomic mass is 10.0. The summed E-state index contributed by atoms with van der Waals surface area (Å²) in [5, 5.41) is 9.01. The number of primary amides is 1. The standard InChI is InChI=1S/C14H17NO3/c1-2-3-4-10-5-7-11(8-6-10)12(14(17)18)9-13(15)16/h5-9H,2-4H2,1H3,(H2,15,16)(H,17,18)/b12-9-. The van der Waals surface area contributed by atoms with Gasteiger partial charge in [-0.3, -0.25) is 4.79 Å². The van der Waals surface area contributed by atoms with Gasteiger partial charge in [0.2, 0.25) is 5.91 Å². The quantitative estimate of drug-likeness (QED) is 0.754. The molecular weight excluding hydrogens is 230 g/mol. The van der Waals surface area contributed by atoms with E-state index in [-0.39, 0.29) is 5.57 Å². The Morgan fingerprint density at radius 2 is 1.89 bits per heavy atom. The molecule has 1 amide bonds. The number of carbonyl (C=O) groups excluding carboxylic acids is 1. The van der Waals surface area contributed by atoms with Crippen molar-refractivity contribution in [3.63, 3.8) is 0 Å². The Balaban J connectivity index is 2.94. The van der Waals surface area contributed by atoms with Gasteiger partial charge in [0.15, 0.2) is 0 Å². The first kappa shape index (κ1) is 14.0. The molecule has 0 heterocycles. The van der Waals surface area contributed by atoms with E-state index in [1.165, 1.54) is 0 Å². The number of hydrogen-bond acceptors (Lipinski definition) is 2. The van der Waals surface area contributed by atoms with E-state index in [0.29, 0.717) is 5.56 Å². The molecule has 0 saturated heterocycles. The predicted octanol–water partition coefficient (Wildman–Crippen LogP) is 1.98. The molecule has 0 fully saturated rings. The van der Waals surface area contributed by atoms with Gasteiger partial charge in [-0.25, -0.2) is 4.79 Å². The molecule has 0 aromatic heterocycles. The summed E-state index contributed by atoms with van der Waals surface area (Å²) in [5.41, 5.74) is 6.55. The van der Waals surface area contributed by atoms with Crippen LogP contribution in [0.3, 0.4) is 0 Å². The third-order valence-corrected chi connectivity index (χ3v) is 2.60. The number of aryl methyl sites for hydroxylation is 1. The summed E-state index contributed by atoms with van der Waals surface area (Å²) in [7, 11) is 0. The monoisotopic (exact) mass is 247 g/mol. The summed E-state index contributed by atoms with van der Waals surface area (Å²) >= 11 is 0. The van der Waals surface area contributed by atoms with Crippen LogP contribution in [0.25, 0.3) is 5.57 Å². The molecule has 0 bridgehead atoms. The number of rotatable bonds is 6. The summed E-state index contributed by atoms with van der Waals surface area (Å²) < 4.78 is 0. The minimum Gasteiger partial charge on any atom is -0.478 e. The maximum Gasteiger partial charge on any atom is 0.336 e. The van der Waals surface area contributed by atoms with Gasteiger partial charge < -0.3 is 10.8 Å². The molecule has 1 aromatic carbocycles. The molecule has 0 aliphatic carbocycles. The first-order valence-electron chi connectivity index (χ1n) is 5.88. The van der Waals surface area contributed by atoms with Crippen molar-refractivity contribution in [3.05, 3.63) is 41.5 Å². The average molecular weight is 247 g/mol. The first-order valence-corrected chi connectivity index (χ1v) is 5.88. The van der Waals surface area contributed by atoms with Crippen molar-refractivity contribution in [2.45, 2.75) is 26.2 Å². The van der Waals surface area contributed by atoms with Crippen LogP contribution < -0.4 is 5.73 Å². The highest BCUT2D eigenvalue weighted by molar-refractivity contribution is 6.20. The molecule has 0 aliphatic heterocycles. The van der Waals surface area contributed by atoms with Crippen molar-refractivity contribution >= 4 is 17.4 Å². The minimum atomic E-state index is -1.16. The highest BCUT2D eigenvalue weighted by Crippen LogP contribution is 2.16. The van der Waals surface area contributed by atoms with E-state index in [4.69, 9.17) is 10.8 Å². The van der Waals surface area contributed by atoms with Crippen molar-refractivity contribution in [3.8, 4) is 0 Å². The number of carboxylic acids is 1. The third-order valence-electron chi connectivity index (χ3n) is 2.60. The van der Waals surface area contributed by atoms with Gasteiger partial charge in [0, 0.05) is 6.08 Å². The molecule has 0 unspecified atom stereocenters. The number of unbranched alkanes of at least 4 members (excludes halogenated alkanes) is 1. The van der Waals surface area contributed by atoms with E-state index >= 15 is 0 Å². The van der Waals surface area contributed by atoms with Crippen molar-refractivity contribution in [2.24, 2.45) is 5.73 Å². The van der Waals surface area contributed by atoms with Crippen molar-refractivity contribution in [2.75, 3.05) is 0 Å². The van der Waals surface area contributed by atoms with E-state index in [2.05, 4.69) is 6.92 Å². The van der Waals surface area contributed by atoms with Gasteiger partial charge in [0.1, 0.15) is 0 Å². The molecule has 96 valence electrons. The van der Waals surface area contributed by atoms with E-state index in [0.717, 1.165) is 30.9 Å². The number of nitrogens with two attached hydrogens (primary N) is 1. The molecule has 0 atom stereocenters. The van der Waals surface area contributed by atoms with Crippen LogP contribution >= 0.6 is 0 Å². The first-order chi connectivity index (χ1) is 8.54. The molecule has 1 rings (SSSR count). The topological polar surface area (TPSA) is 80.4 Å². The smallest absolute Gasteiger partial charge is 0.336 e. The molecular formula is C14H17NO3. The molecule has 4 heteroatoms. The van der Waals surface area contributed by atoms with E-state index in [1.54, 1.807) is 12.1 Å². The summed E-state index contributed by atoms with van der Waals surface area (Å²) in [5.74, 6) is -1.92.